The van der Waals surface area contributed by atoms with Crippen LogP contribution in [0.5, 0.6) is 0 Å². The Morgan fingerprint density at radius 2 is 2.05 bits per heavy atom. The molecule has 1 atom stereocenters. The number of nitrogens with one attached hydrogen (secondary N) is 1. The molecule has 0 radical (unpaired) electrons. The molecule has 1 N–H and O–H groups in total. The summed E-state index contributed by atoms with van der Waals surface area (Å²) in [5.74, 6) is -0.102. The number of aryl methyl sites for hydroxylation is 1. The maximum Gasteiger partial charge on any atom is 0.146 e. The van der Waals surface area contributed by atoms with Crippen LogP contribution in [0.15, 0.2) is 18.2 Å². The highest BCUT2D eigenvalue weighted by Gasteiger charge is 2.35. The molecule has 1 saturated heterocycles. The Labute approximate surface area is 116 Å². The lowest BCUT2D eigenvalue weighted by Crippen LogP contribution is -2.63. The van der Waals surface area contributed by atoms with E-state index in [1.54, 1.807) is 6.07 Å². The number of benzene rings is 1. The van der Waals surface area contributed by atoms with Gasteiger partial charge in [0.25, 0.3) is 0 Å². The number of anilines is 1. The van der Waals surface area contributed by atoms with E-state index in [1.165, 1.54) is 0 Å². The van der Waals surface area contributed by atoms with Crippen molar-refractivity contribution in [3.05, 3.63) is 29.6 Å². The SMILES string of the molecule is CCC1(CC)CN(c2ccc(C)cc2F)C(C)CN1. The molecule has 0 amide bonds. The van der Waals surface area contributed by atoms with Crippen LogP contribution in [0.2, 0.25) is 0 Å². The Kier molecular flexibility index (Phi) is 4.14. The number of hydrogen-bond acceptors (Lipinski definition) is 2. The van der Waals surface area contributed by atoms with Crippen molar-refractivity contribution in [3.63, 3.8) is 0 Å². The lowest BCUT2D eigenvalue weighted by atomic mass is 9.88. The molecule has 19 heavy (non-hydrogen) atoms. The Hall–Kier alpha value is -1.09. The molecule has 1 unspecified atom stereocenters. The molecule has 1 aromatic carbocycles. The van der Waals surface area contributed by atoms with Gasteiger partial charge < -0.3 is 10.2 Å². The van der Waals surface area contributed by atoms with Crippen molar-refractivity contribution in [3.8, 4) is 0 Å². The van der Waals surface area contributed by atoms with Gasteiger partial charge >= 0.3 is 0 Å². The van der Waals surface area contributed by atoms with Crippen LogP contribution in [-0.2, 0) is 0 Å². The third-order valence-corrected chi connectivity index (χ3v) is 4.54. The number of hydrogen-bond donors (Lipinski definition) is 1. The largest absolute Gasteiger partial charge is 0.363 e. The molecular formula is C16H25FN2. The van der Waals surface area contributed by atoms with Crippen LogP contribution < -0.4 is 10.2 Å². The summed E-state index contributed by atoms with van der Waals surface area (Å²) >= 11 is 0. The van der Waals surface area contributed by atoms with Crippen LogP contribution in [-0.4, -0.2) is 24.7 Å². The maximum absolute atomic E-state index is 14.2. The maximum atomic E-state index is 14.2. The molecule has 1 heterocycles. The summed E-state index contributed by atoms with van der Waals surface area (Å²) in [7, 11) is 0. The number of nitrogens with zero attached hydrogens (tertiary/aromatic N) is 1. The number of rotatable bonds is 3. The molecule has 2 nitrogen and oxygen atoms in total. The van der Waals surface area contributed by atoms with E-state index in [4.69, 9.17) is 0 Å². The van der Waals surface area contributed by atoms with Gasteiger partial charge in [0.15, 0.2) is 0 Å². The molecular weight excluding hydrogens is 239 g/mol. The molecule has 106 valence electrons. The topological polar surface area (TPSA) is 15.3 Å². The Bertz CT molecular complexity index is 440. The smallest absolute Gasteiger partial charge is 0.146 e. The lowest BCUT2D eigenvalue weighted by molar-refractivity contribution is 0.252. The van der Waals surface area contributed by atoms with Gasteiger partial charge in [-0.05, 0) is 44.4 Å². The minimum atomic E-state index is -0.102. The molecule has 3 heteroatoms. The monoisotopic (exact) mass is 264 g/mol. The van der Waals surface area contributed by atoms with E-state index in [0.29, 0.717) is 6.04 Å². The zero-order valence-electron chi connectivity index (χ0n) is 12.5. The van der Waals surface area contributed by atoms with Crippen molar-refractivity contribution in [1.82, 2.24) is 5.32 Å². The Morgan fingerprint density at radius 1 is 1.37 bits per heavy atom. The predicted molar refractivity (Wildman–Crippen MR) is 79.3 cm³/mol. The van der Waals surface area contributed by atoms with Gasteiger partial charge in [-0.15, -0.1) is 0 Å². The molecule has 0 bridgehead atoms. The molecule has 0 spiro atoms. The summed E-state index contributed by atoms with van der Waals surface area (Å²) in [5, 5.41) is 3.65. The van der Waals surface area contributed by atoms with E-state index in [-0.39, 0.29) is 11.4 Å². The van der Waals surface area contributed by atoms with E-state index < -0.39 is 0 Å². The lowest BCUT2D eigenvalue weighted by Gasteiger charge is -2.47. The fraction of sp³-hybridized carbons (Fsp3) is 0.625. The minimum Gasteiger partial charge on any atom is -0.363 e. The zero-order valence-corrected chi connectivity index (χ0v) is 12.5. The summed E-state index contributed by atoms with van der Waals surface area (Å²) in [6, 6.07) is 5.86. The van der Waals surface area contributed by atoms with Crippen LogP contribution in [0.4, 0.5) is 10.1 Å². The highest BCUT2D eigenvalue weighted by molar-refractivity contribution is 5.51. The molecule has 1 fully saturated rings. The summed E-state index contributed by atoms with van der Waals surface area (Å²) in [6.45, 7) is 10.3. The van der Waals surface area contributed by atoms with Crippen molar-refractivity contribution in [1.29, 1.82) is 0 Å². The first kappa shape index (κ1) is 14.3. The van der Waals surface area contributed by atoms with Gasteiger partial charge in [-0.2, -0.15) is 0 Å². The van der Waals surface area contributed by atoms with Gasteiger partial charge in [-0.1, -0.05) is 19.9 Å². The first-order chi connectivity index (χ1) is 9.01. The molecule has 1 aliphatic rings. The molecule has 0 aromatic heterocycles. The number of halogens is 1. The van der Waals surface area contributed by atoms with Gasteiger partial charge in [0, 0.05) is 24.7 Å². The summed E-state index contributed by atoms with van der Waals surface area (Å²) in [6.07, 6.45) is 2.14. The third-order valence-electron chi connectivity index (χ3n) is 4.54. The Balaban J connectivity index is 2.31. The van der Waals surface area contributed by atoms with E-state index in [2.05, 4.69) is 31.0 Å². The van der Waals surface area contributed by atoms with Crippen LogP contribution in [0.25, 0.3) is 0 Å². The third kappa shape index (κ3) is 2.76. The van der Waals surface area contributed by atoms with Crippen LogP contribution in [0, 0.1) is 12.7 Å². The van der Waals surface area contributed by atoms with Gasteiger partial charge in [0.05, 0.1) is 5.69 Å². The van der Waals surface area contributed by atoms with Crippen molar-refractivity contribution in [2.24, 2.45) is 0 Å². The molecule has 0 aliphatic carbocycles. The molecule has 1 aliphatic heterocycles. The first-order valence-corrected chi connectivity index (χ1v) is 7.29. The van der Waals surface area contributed by atoms with Crippen LogP contribution in [0.3, 0.4) is 0 Å². The van der Waals surface area contributed by atoms with Gasteiger partial charge in [0.2, 0.25) is 0 Å². The van der Waals surface area contributed by atoms with E-state index in [1.807, 2.05) is 19.1 Å². The van der Waals surface area contributed by atoms with E-state index in [9.17, 15) is 4.39 Å². The van der Waals surface area contributed by atoms with E-state index >= 15 is 0 Å². The van der Waals surface area contributed by atoms with Gasteiger partial charge in [-0.3, -0.25) is 0 Å². The zero-order chi connectivity index (χ0) is 14.0. The summed E-state index contributed by atoms with van der Waals surface area (Å²) < 4.78 is 14.2. The highest BCUT2D eigenvalue weighted by atomic mass is 19.1. The molecule has 1 aromatic rings. The highest BCUT2D eigenvalue weighted by Crippen LogP contribution is 2.29. The van der Waals surface area contributed by atoms with Crippen LogP contribution >= 0.6 is 0 Å². The van der Waals surface area contributed by atoms with Gasteiger partial charge in [-0.25, -0.2) is 4.39 Å². The average Bonchev–Trinajstić information content (AvgIpc) is 2.41. The van der Waals surface area contributed by atoms with E-state index in [0.717, 1.165) is 37.2 Å². The molecule has 2 rings (SSSR count). The normalized spacial score (nSPS) is 22.6. The number of piperazine rings is 1. The summed E-state index contributed by atoms with van der Waals surface area (Å²) in [5.41, 5.74) is 1.83. The van der Waals surface area contributed by atoms with Crippen LogP contribution in [0.1, 0.15) is 39.2 Å². The minimum absolute atomic E-state index is 0.102. The molecule has 0 saturated carbocycles. The van der Waals surface area contributed by atoms with Crippen molar-refractivity contribution >= 4 is 5.69 Å². The average molecular weight is 264 g/mol. The standard InChI is InChI=1S/C16H25FN2/c1-5-16(6-2)11-19(13(4)10-18-16)15-8-7-12(3)9-14(15)17/h7-9,13,18H,5-6,10-11H2,1-4H3. The van der Waals surface area contributed by atoms with Crippen molar-refractivity contribution in [2.75, 3.05) is 18.0 Å². The van der Waals surface area contributed by atoms with Crippen molar-refractivity contribution < 1.29 is 4.39 Å². The van der Waals surface area contributed by atoms with Crippen molar-refractivity contribution in [2.45, 2.75) is 52.1 Å². The first-order valence-electron chi connectivity index (χ1n) is 7.29. The summed E-state index contributed by atoms with van der Waals surface area (Å²) in [4.78, 5) is 2.22. The second kappa shape index (κ2) is 5.49. The van der Waals surface area contributed by atoms with Gasteiger partial charge in [0.1, 0.15) is 5.82 Å². The second-order valence-corrected chi connectivity index (χ2v) is 5.80. The fourth-order valence-electron chi connectivity index (χ4n) is 2.90. The predicted octanol–water partition coefficient (Wildman–Crippen LogP) is 3.49. The second-order valence-electron chi connectivity index (χ2n) is 5.80. The quantitative estimate of drug-likeness (QED) is 0.899. The fourth-order valence-corrected chi connectivity index (χ4v) is 2.90. The Morgan fingerprint density at radius 3 is 2.63 bits per heavy atom.